The molecule has 0 aliphatic heterocycles. The zero-order chi connectivity index (χ0) is 19.3. The lowest BCUT2D eigenvalue weighted by atomic mass is 9.77. The maximum atomic E-state index is 9.76. The van der Waals surface area contributed by atoms with Crippen LogP contribution in [0, 0.1) is 0 Å². The molecule has 4 rings (SSSR count). The van der Waals surface area contributed by atoms with Gasteiger partial charge < -0.3 is 14.9 Å². The Morgan fingerprint density at radius 2 is 1.07 bits per heavy atom. The van der Waals surface area contributed by atoms with E-state index < -0.39 is 7.12 Å². The minimum Gasteiger partial charge on any atom is -0.423 e. The largest absolute Gasteiger partial charge is 0.489 e. The van der Waals surface area contributed by atoms with Gasteiger partial charge in [-0.3, -0.25) is 0 Å². The van der Waals surface area contributed by atoms with Crippen molar-refractivity contribution in [1.82, 2.24) is 0 Å². The highest BCUT2D eigenvalue weighted by Crippen LogP contribution is 2.28. The van der Waals surface area contributed by atoms with E-state index in [9.17, 15) is 10.0 Å². The molecule has 0 radical (unpaired) electrons. The maximum Gasteiger partial charge on any atom is 0.489 e. The van der Waals surface area contributed by atoms with Crippen molar-refractivity contribution in [3.8, 4) is 0 Å². The summed E-state index contributed by atoms with van der Waals surface area (Å²) in [4.78, 5) is 2.33. The van der Waals surface area contributed by atoms with E-state index in [0.717, 1.165) is 29.5 Å². The number of nitrogens with zero attached hydrogens (tertiary/aromatic N) is 1. The lowest BCUT2D eigenvalue weighted by Gasteiger charge is -2.27. The van der Waals surface area contributed by atoms with Crippen LogP contribution < -0.4 is 10.4 Å². The van der Waals surface area contributed by atoms with Crippen molar-refractivity contribution >= 4 is 29.0 Å². The van der Waals surface area contributed by atoms with Gasteiger partial charge in [-0.1, -0.05) is 91.0 Å². The van der Waals surface area contributed by atoms with Gasteiger partial charge in [0.25, 0.3) is 0 Å². The highest BCUT2D eigenvalue weighted by molar-refractivity contribution is 6.62. The van der Waals surface area contributed by atoms with Crippen LogP contribution in [0.25, 0.3) is 10.8 Å². The van der Waals surface area contributed by atoms with Gasteiger partial charge in [-0.25, -0.2) is 0 Å². The van der Waals surface area contributed by atoms with Gasteiger partial charge in [0, 0.05) is 24.2 Å². The van der Waals surface area contributed by atoms with Gasteiger partial charge in [0.2, 0.25) is 0 Å². The fourth-order valence-corrected chi connectivity index (χ4v) is 3.64. The number of hydrogen-bond donors (Lipinski definition) is 2. The number of hydrogen-bond acceptors (Lipinski definition) is 3. The second-order valence-electron chi connectivity index (χ2n) is 6.92. The Balaban J connectivity index is 1.81. The molecule has 0 aliphatic rings. The first kappa shape index (κ1) is 18.3. The van der Waals surface area contributed by atoms with Crippen LogP contribution in [0.3, 0.4) is 0 Å². The molecule has 3 nitrogen and oxygen atoms in total. The molecule has 0 aromatic heterocycles. The van der Waals surface area contributed by atoms with Gasteiger partial charge in [-0.15, -0.1) is 0 Å². The lowest BCUT2D eigenvalue weighted by Crippen LogP contribution is -2.31. The van der Waals surface area contributed by atoms with E-state index in [4.69, 9.17) is 0 Å². The zero-order valence-electron chi connectivity index (χ0n) is 15.6. The summed E-state index contributed by atoms with van der Waals surface area (Å²) in [6, 6.07) is 32.5. The Hall–Kier alpha value is -3.08. The minimum atomic E-state index is -1.49. The van der Waals surface area contributed by atoms with Crippen LogP contribution >= 0.6 is 0 Å². The molecule has 0 unspecified atom stereocenters. The predicted octanol–water partition coefficient (Wildman–Crippen LogP) is 3.73. The van der Waals surface area contributed by atoms with Gasteiger partial charge in [-0.05, 0) is 28.0 Å². The molecule has 0 heterocycles. The van der Waals surface area contributed by atoms with E-state index in [0.29, 0.717) is 5.46 Å². The third kappa shape index (κ3) is 3.93. The highest BCUT2D eigenvalue weighted by Gasteiger charge is 2.18. The third-order valence-electron chi connectivity index (χ3n) is 4.99. The average Bonchev–Trinajstić information content (AvgIpc) is 2.74. The zero-order valence-corrected chi connectivity index (χ0v) is 15.6. The Labute approximate surface area is 165 Å². The van der Waals surface area contributed by atoms with Gasteiger partial charge in [0.1, 0.15) is 0 Å². The van der Waals surface area contributed by atoms with Crippen LogP contribution in [0.4, 0.5) is 5.69 Å². The van der Waals surface area contributed by atoms with E-state index >= 15 is 0 Å². The first-order chi connectivity index (χ1) is 13.7. The molecule has 0 bridgehead atoms. The third-order valence-corrected chi connectivity index (χ3v) is 4.99. The molecule has 0 amide bonds. The molecule has 0 saturated heterocycles. The summed E-state index contributed by atoms with van der Waals surface area (Å²) in [5, 5.41) is 21.4. The number of benzene rings is 4. The number of fused-ring (bicyclic) bond motifs is 1. The molecule has 0 atom stereocenters. The smallest absolute Gasteiger partial charge is 0.423 e. The Kier molecular flexibility index (Phi) is 5.42. The van der Waals surface area contributed by atoms with Crippen molar-refractivity contribution < 1.29 is 10.0 Å². The van der Waals surface area contributed by atoms with Crippen molar-refractivity contribution in [2.75, 3.05) is 4.90 Å². The SMILES string of the molecule is OB(O)c1ccc(N(Cc2ccccc2)Cc2ccccc2)c2ccccc12. The summed E-state index contributed by atoms with van der Waals surface area (Å²) in [7, 11) is -1.49. The molecule has 0 aliphatic carbocycles. The molecule has 28 heavy (non-hydrogen) atoms. The van der Waals surface area contributed by atoms with Crippen LogP contribution in [0.2, 0.25) is 0 Å². The van der Waals surface area contributed by atoms with Crippen molar-refractivity contribution in [3.05, 3.63) is 108 Å². The summed E-state index contributed by atoms with van der Waals surface area (Å²) in [6.45, 7) is 1.53. The monoisotopic (exact) mass is 367 g/mol. The molecule has 4 aromatic carbocycles. The molecule has 4 heteroatoms. The van der Waals surface area contributed by atoms with Gasteiger partial charge >= 0.3 is 7.12 Å². The van der Waals surface area contributed by atoms with Crippen molar-refractivity contribution in [2.24, 2.45) is 0 Å². The van der Waals surface area contributed by atoms with Crippen molar-refractivity contribution in [3.63, 3.8) is 0 Å². The van der Waals surface area contributed by atoms with Gasteiger partial charge in [0.05, 0.1) is 0 Å². The predicted molar refractivity (Wildman–Crippen MR) is 117 cm³/mol. The fraction of sp³-hybridized carbons (Fsp3) is 0.0833. The van der Waals surface area contributed by atoms with E-state index in [1.807, 2.05) is 48.5 Å². The first-order valence-corrected chi connectivity index (χ1v) is 9.43. The fourth-order valence-electron chi connectivity index (χ4n) is 3.64. The minimum absolute atomic E-state index is 0.527. The number of rotatable bonds is 6. The van der Waals surface area contributed by atoms with E-state index in [2.05, 4.69) is 53.4 Å². The molecule has 0 saturated carbocycles. The molecule has 138 valence electrons. The molecule has 0 spiro atoms. The first-order valence-electron chi connectivity index (χ1n) is 9.43. The second kappa shape index (κ2) is 8.30. The van der Waals surface area contributed by atoms with E-state index in [-0.39, 0.29) is 0 Å². The molecular weight excluding hydrogens is 345 g/mol. The normalized spacial score (nSPS) is 10.8. The Bertz CT molecular complexity index is 1010. The van der Waals surface area contributed by atoms with Crippen LogP contribution in [-0.2, 0) is 13.1 Å². The number of anilines is 1. The van der Waals surface area contributed by atoms with Crippen molar-refractivity contribution in [1.29, 1.82) is 0 Å². The maximum absolute atomic E-state index is 9.76. The Morgan fingerprint density at radius 1 is 0.571 bits per heavy atom. The van der Waals surface area contributed by atoms with Crippen LogP contribution in [-0.4, -0.2) is 17.2 Å². The Morgan fingerprint density at radius 3 is 1.61 bits per heavy atom. The van der Waals surface area contributed by atoms with Crippen LogP contribution in [0.5, 0.6) is 0 Å². The quantitative estimate of drug-likeness (QED) is 0.511. The van der Waals surface area contributed by atoms with E-state index in [1.165, 1.54) is 11.1 Å². The van der Waals surface area contributed by atoms with Crippen molar-refractivity contribution in [2.45, 2.75) is 13.1 Å². The van der Waals surface area contributed by atoms with Gasteiger partial charge in [-0.2, -0.15) is 0 Å². The summed E-state index contributed by atoms with van der Waals surface area (Å²) >= 11 is 0. The van der Waals surface area contributed by atoms with Crippen LogP contribution in [0.15, 0.2) is 97.1 Å². The average molecular weight is 367 g/mol. The standard InChI is InChI=1S/C24H22BNO2/c27-25(28)23-15-16-24(22-14-8-7-13-21(22)23)26(17-19-9-3-1-4-10-19)18-20-11-5-2-6-12-20/h1-16,27-28H,17-18H2. The lowest BCUT2D eigenvalue weighted by molar-refractivity contribution is 0.426. The summed E-state index contributed by atoms with van der Waals surface area (Å²) < 4.78 is 0. The highest BCUT2D eigenvalue weighted by atomic mass is 16.4. The summed E-state index contributed by atoms with van der Waals surface area (Å²) in [5.41, 5.74) is 4.06. The topological polar surface area (TPSA) is 43.7 Å². The van der Waals surface area contributed by atoms with Crippen LogP contribution in [0.1, 0.15) is 11.1 Å². The van der Waals surface area contributed by atoms with E-state index in [1.54, 1.807) is 0 Å². The molecule has 0 fully saturated rings. The molecule has 2 N–H and O–H groups in total. The van der Waals surface area contributed by atoms with Gasteiger partial charge in [0.15, 0.2) is 0 Å². The summed E-state index contributed by atoms with van der Waals surface area (Å²) in [5.74, 6) is 0. The summed E-state index contributed by atoms with van der Waals surface area (Å²) in [6.07, 6.45) is 0. The second-order valence-corrected chi connectivity index (χ2v) is 6.92. The molecule has 4 aromatic rings. The molecular formula is C24H22BNO2.